The first-order valence-electron chi connectivity index (χ1n) is 7.05. The molecule has 1 aliphatic rings. The molecule has 1 aromatic heterocycles. The Kier molecular flexibility index (Phi) is 4.26. The van der Waals surface area contributed by atoms with E-state index in [-0.39, 0.29) is 17.6 Å². The van der Waals surface area contributed by atoms with Crippen LogP contribution in [0.3, 0.4) is 0 Å². The Bertz CT molecular complexity index is 415. The van der Waals surface area contributed by atoms with Crippen LogP contribution in [-0.2, 0) is 4.74 Å². The number of ether oxygens (including phenoxy) is 1. The Hall–Kier alpha value is -0.940. The summed E-state index contributed by atoms with van der Waals surface area (Å²) in [6, 6.07) is 0.132. The van der Waals surface area contributed by atoms with Gasteiger partial charge < -0.3 is 14.6 Å². The monoisotopic (exact) mass is 267 g/mol. The van der Waals surface area contributed by atoms with E-state index in [2.05, 4.69) is 43.2 Å². The van der Waals surface area contributed by atoms with Gasteiger partial charge in [-0.1, -0.05) is 32.9 Å². The van der Waals surface area contributed by atoms with E-state index in [1.165, 1.54) is 12.8 Å². The van der Waals surface area contributed by atoms with E-state index in [0.717, 1.165) is 6.54 Å². The van der Waals surface area contributed by atoms with Crippen molar-refractivity contribution in [3.63, 3.8) is 0 Å². The number of hydrogen-bond donors (Lipinski definition) is 1. The lowest BCUT2D eigenvalue weighted by molar-refractivity contribution is 0.0555. The topological polar surface area (TPSA) is 60.2 Å². The zero-order chi connectivity index (χ0) is 14.0. The smallest absolute Gasteiger partial charge is 0.244 e. The van der Waals surface area contributed by atoms with Gasteiger partial charge in [0.15, 0.2) is 0 Å². The van der Waals surface area contributed by atoms with Crippen molar-refractivity contribution in [1.82, 2.24) is 15.5 Å². The first kappa shape index (κ1) is 14.5. The van der Waals surface area contributed by atoms with Gasteiger partial charge in [0.25, 0.3) is 0 Å². The number of nitrogens with zero attached hydrogens (tertiary/aromatic N) is 2. The van der Waals surface area contributed by atoms with E-state index in [9.17, 15) is 0 Å². The highest BCUT2D eigenvalue weighted by atomic mass is 16.5. The molecule has 5 nitrogen and oxygen atoms in total. The molecule has 0 spiro atoms. The summed E-state index contributed by atoms with van der Waals surface area (Å²) < 4.78 is 10.9. The first-order valence-corrected chi connectivity index (χ1v) is 7.05. The Morgan fingerprint density at radius 3 is 2.74 bits per heavy atom. The van der Waals surface area contributed by atoms with Crippen molar-refractivity contribution in [2.75, 3.05) is 13.7 Å². The Labute approximate surface area is 115 Å². The molecule has 108 valence electrons. The van der Waals surface area contributed by atoms with Crippen molar-refractivity contribution in [3.05, 3.63) is 11.7 Å². The lowest BCUT2D eigenvalue weighted by Gasteiger charge is -2.36. The molecule has 2 unspecified atom stereocenters. The van der Waals surface area contributed by atoms with E-state index in [1.54, 1.807) is 7.11 Å². The van der Waals surface area contributed by atoms with Crippen molar-refractivity contribution in [2.24, 2.45) is 11.3 Å². The molecule has 0 aliphatic carbocycles. The van der Waals surface area contributed by atoms with Gasteiger partial charge in [0, 0.05) is 7.11 Å². The molecule has 1 aromatic rings. The second kappa shape index (κ2) is 5.59. The molecule has 19 heavy (non-hydrogen) atoms. The van der Waals surface area contributed by atoms with Crippen LogP contribution in [0.1, 0.15) is 64.4 Å². The molecule has 0 radical (unpaired) electrons. The predicted octanol–water partition coefficient (Wildman–Crippen LogP) is 2.86. The minimum atomic E-state index is -0.107. The highest BCUT2D eigenvalue weighted by Gasteiger charge is 2.37. The average molecular weight is 267 g/mol. The van der Waals surface area contributed by atoms with Crippen molar-refractivity contribution in [2.45, 2.75) is 52.7 Å². The minimum Gasteiger partial charge on any atom is -0.373 e. The number of methoxy groups -OCH3 is 1. The van der Waals surface area contributed by atoms with Gasteiger partial charge in [-0.15, -0.1) is 0 Å². The molecule has 1 saturated heterocycles. The molecule has 2 heterocycles. The van der Waals surface area contributed by atoms with E-state index in [1.807, 2.05) is 0 Å². The van der Waals surface area contributed by atoms with E-state index >= 15 is 0 Å². The second-order valence-electron chi connectivity index (χ2n) is 6.37. The molecular weight excluding hydrogens is 242 g/mol. The van der Waals surface area contributed by atoms with Gasteiger partial charge in [-0.05, 0) is 30.7 Å². The quantitative estimate of drug-likeness (QED) is 0.909. The summed E-state index contributed by atoms with van der Waals surface area (Å²) in [5.74, 6) is 1.65. The summed E-state index contributed by atoms with van der Waals surface area (Å²) in [5, 5.41) is 7.59. The number of hydrogen-bond acceptors (Lipinski definition) is 5. The van der Waals surface area contributed by atoms with Crippen molar-refractivity contribution in [3.8, 4) is 0 Å². The molecule has 2 atom stereocenters. The first-order chi connectivity index (χ1) is 8.95. The lowest BCUT2D eigenvalue weighted by atomic mass is 9.77. The van der Waals surface area contributed by atoms with Gasteiger partial charge >= 0.3 is 0 Å². The van der Waals surface area contributed by atoms with E-state index in [4.69, 9.17) is 9.26 Å². The lowest BCUT2D eigenvalue weighted by Crippen LogP contribution is -2.39. The molecular formula is C14H25N3O2. The fourth-order valence-electron chi connectivity index (χ4n) is 2.79. The van der Waals surface area contributed by atoms with Gasteiger partial charge in [0.2, 0.25) is 11.7 Å². The Morgan fingerprint density at radius 2 is 2.16 bits per heavy atom. The van der Waals surface area contributed by atoms with Gasteiger partial charge in [-0.2, -0.15) is 4.98 Å². The molecule has 2 rings (SSSR count). The number of rotatable bonds is 4. The summed E-state index contributed by atoms with van der Waals surface area (Å²) in [4.78, 5) is 4.56. The number of nitrogens with one attached hydrogen (secondary N) is 1. The molecule has 0 amide bonds. The van der Waals surface area contributed by atoms with Crippen molar-refractivity contribution in [1.29, 1.82) is 0 Å². The summed E-state index contributed by atoms with van der Waals surface area (Å²) in [6.07, 6.45) is 2.25. The summed E-state index contributed by atoms with van der Waals surface area (Å²) in [7, 11) is 1.68. The van der Waals surface area contributed by atoms with Gasteiger partial charge in [-0.25, -0.2) is 0 Å². The summed E-state index contributed by atoms with van der Waals surface area (Å²) in [6.45, 7) is 9.66. The average Bonchev–Trinajstić information content (AvgIpc) is 2.78. The predicted molar refractivity (Wildman–Crippen MR) is 72.6 cm³/mol. The van der Waals surface area contributed by atoms with E-state index < -0.39 is 0 Å². The molecule has 0 bridgehead atoms. The van der Waals surface area contributed by atoms with Crippen molar-refractivity contribution < 1.29 is 9.26 Å². The minimum absolute atomic E-state index is 0.107. The van der Waals surface area contributed by atoms with Crippen LogP contribution in [0.15, 0.2) is 4.52 Å². The van der Waals surface area contributed by atoms with Crippen LogP contribution in [0.25, 0.3) is 0 Å². The Balaban J connectivity index is 2.20. The number of aromatic nitrogens is 2. The zero-order valence-electron chi connectivity index (χ0n) is 12.6. The highest BCUT2D eigenvalue weighted by Crippen LogP contribution is 2.39. The molecule has 5 heteroatoms. The summed E-state index contributed by atoms with van der Waals surface area (Å²) in [5.41, 5.74) is 0.141. The maximum absolute atomic E-state index is 5.47. The second-order valence-corrected chi connectivity index (χ2v) is 6.37. The van der Waals surface area contributed by atoms with Crippen LogP contribution in [0, 0.1) is 11.3 Å². The van der Waals surface area contributed by atoms with Crippen LogP contribution in [0.2, 0.25) is 0 Å². The van der Waals surface area contributed by atoms with Gasteiger partial charge in [0.05, 0.1) is 6.04 Å². The third kappa shape index (κ3) is 2.98. The fraction of sp³-hybridized carbons (Fsp3) is 0.857. The molecule has 1 N–H and O–H groups in total. The standard InChI is InChI=1S/C14H25N3O2/c1-9(2)10(18-5)12-16-13(19-17-12)11-14(3,4)7-6-8-15-11/h9-11,15H,6-8H2,1-5H3. The largest absolute Gasteiger partial charge is 0.373 e. The van der Waals surface area contributed by atoms with Crippen LogP contribution in [0.4, 0.5) is 0 Å². The number of piperidine rings is 1. The van der Waals surface area contributed by atoms with Crippen LogP contribution >= 0.6 is 0 Å². The maximum atomic E-state index is 5.47. The van der Waals surface area contributed by atoms with Crippen molar-refractivity contribution >= 4 is 0 Å². The zero-order valence-corrected chi connectivity index (χ0v) is 12.6. The highest BCUT2D eigenvalue weighted by molar-refractivity contribution is 5.03. The van der Waals surface area contributed by atoms with E-state index in [0.29, 0.717) is 17.6 Å². The van der Waals surface area contributed by atoms with Gasteiger partial charge in [0.1, 0.15) is 6.10 Å². The molecule has 1 fully saturated rings. The third-order valence-corrected chi connectivity index (χ3v) is 3.95. The van der Waals surface area contributed by atoms with Crippen LogP contribution in [-0.4, -0.2) is 23.8 Å². The normalized spacial score (nSPS) is 24.6. The Morgan fingerprint density at radius 1 is 1.42 bits per heavy atom. The SMILES string of the molecule is COC(c1noc(C2NCCCC2(C)C)n1)C(C)C. The molecule has 0 aromatic carbocycles. The summed E-state index contributed by atoms with van der Waals surface area (Å²) >= 11 is 0. The maximum Gasteiger partial charge on any atom is 0.244 e. The third-order valence-electron chi connectivity index (χ3n) is 3.95. The van der Waals surface area contributed by atoms with Gasteiger partial charge in [-0.3, -0.25) is 0 Å². The fourth-order valence-corrected chi connectivity index (χ4v) is 2.79. The molecule has 0 saturated carbocycles. The molecule has 1 aliphatic heterocycles. The van der Waals surface area contributed by atoms with Crippen LogP contribution in [0.5, 0.6) is 0 Å². The van der Waals surface area contributed by atoms with Crippen LogP contribution < -0.4 is 5.32 Å².